The summed E-state index contributed by atoms with van der Waals surface area (Å²) in [7, 11) is 0. The number of nitrogens with one attached hydrogen (secondary N) is 1. The van der Waals surface area contributed by atoms with Crippen LogP contribution in [-0.2, 0) is 17.4 Å². The fourth-order valence-electron chi connectivity index (χ4n) is 3.59. The molecule has 2 atom stereocenters. The van der Waals surface area contributed by atoms with Gasteiger partial charge in [-0.25, -0.2) is 0 Å². The second kappa shape index (κ2) is 6.60. The van der Waals surface area contributed by atoms with Crippen molar-refractivity contribution in [2.75, 3.05) is 0 Å². The van der Waals surface area contributed by atoms with Crippen LogP contribution < -0.4 is 8.99 Å². The van der Waals surface area contributed by atoms with Gasteiger partial charge in [0.25, 0.3) is 0 Å². The number of allylic oxidation sites excluding steroid dienone is 4. The zero-order chi connectivity index (χ0) is 15.9. The van der Waals surface area contributed by atoms with Crippen molar-refractivity contribution in [3.8, 4) is 0 Å². The zero-order valence-electron chi connectivity index (χ0n) is 14.5. The first-order valence-electron chi connectivity index (χ1n) is 8.58. The summed E-state index contributed by atoms with van der Waals surface area (Å²) >= 11 is -1.40. The minimum atomic E-state index is -1.40. The maximum atomic E-state index is 4.18. The van der Waals surface area contributed by atoms with E-state index in [9.17, 15) is 0 Å². The summed E-state index contributed by atoms with van der Waals surface area (Å²) in [4.78, 5) is 0. The van der Waals surface area contributed by atoms with Crippen molar-refractivity contribution >= 4 is 11.8 Å². The van der Waals surface area contributed by atoms with Gasteiger partial charge in [0.05, 0.1) is 0 Å². The molecule has 117 valence electrons. The van der Waals surface area contributed by atoms with Crippen molar-refractivity contribution in [1.82, 2.24) is 3.80 Å². The van der Waals surface area contributed by atoms with Crippen LogP contribution in [-0.4, -0.2) is 12.7 Å². The minimum absolute atomic E-state index is 0.680. The summed E-state index contributed by atoms with van der Waals surface area (Å²) in [5.41, 5.74) is 4.81. The Hall–Kier alpha value is -0.409. The molecule has 1 N–H and O–H groups in total. The number of hydrogen-bond acceptors (Lipinski definition) is 1. The Morgan fingerprint density at radius 3 is 2.18 bits per heavy atom. The molecule has 22 heavy (non-hydrogen) atoms. The average Bonchev–Trinajstić information content (AvgIpc) is 3.33. The van der Waals surface area contributed by atoms with E-state index in [1.54, 1.807) is 21.9 Å². The first-order valence-corrected chi connectivity index (χ1v) is 15.2. The summed E-state index contributed by atoms with van der Waals surface area (Å²) in [5.74, 6) is 0.680. The van der Waals surface area contributed by atoms with Crippen molar-refractivity contribution in [1.29, 1.82) is 0 Å². The van der Waals surface area contributed by atoms with E-state index in [0.29, 0.717) is 5.92 Å². The van der Waals surface area contributed by atoms with Gasteiger partial charge in [-0.3, -0.25) is 0 Å². The SMILES string of the molecule is CC1=C(C)C(C)[C]([Ti]([NH]C2CC2)[SiH](C)c2ccccc2)=C1C. The number of rotatable bonds is 5. The van der Waals surface area contributed by atoms with Gasteiger partial charge in [0.1, 0.15) is 0 Å². The molecule has 3 heteroatoms. The van der Waals surface area contributed by atoms with E-state index < -0.39 is 24.0 Å². The fraction of sp³-hybridized carbons (Fsp3) is 0.474. The van der Waals surface area contributed by atoms with Crippen LogP contribution in [0.3, 0.4) is 0 Å². The van der Waals surface area contributed by atoms with Gasteiger partial charge in [-0.05, 0) is 0 Å². The van der Waals surface area contributed by atoms with Crippen LogP contribution in [0.2, 0.25) is 6.55 Å². The molecule has 3 rings (SSSR count). The molecule has 2 aliphatic rings. The number of benzene rings is 1. The van der Waals surface area contributed by atoms with E-state index in [-0.39, 0.29) is 0 Å². The van der Waals surface area contributed by atoms with Crippen LogP contribution in [0.1, 0.15) is 40.5 Å². The molecule has 1 aromatic carbocycles. The van der Waals surface area contributed by atoms with Crippen molar-refractivity contribution in [2.24, 2.45) is 5.92 Å². The van der Waals surface area contributed by atoms with Crippen molar-refractivity contribution in [3.05, 3.63) is 50.9 Å². The van der Waals surface area contributed by atoms with Crippen LogP contribution in [0.5, 0.6) is 0 Å². The van der Waals surface area contributed by atoms with Crippen LogP contribution >= 0.6 is 0 Å². The molecule has 0 saturated heterocycles. The molecule has 2 aliphatic carbocycles. The molecule has 0 amide bonds. The molecule has 0 radical (unpaired) electrons. The molecule has 1 saturated carbocycles. The third-order valence-corrected chi connectivity index (χ3v) is 18.7. The Balaban J connectivity index is 1.94. The van der Waals surface area contributed by atoms with E-state index in [0.717, 1.165) is 6.04 Å². The molecular formula is C19H28NSiTi. The van der Waals surface area contributed by atoms with Gasteiger partial charge in [-0.15, -0.1) is 0 Å². The Morgan fingerprint density at radius 2 is 1.68 bits per heavy atom. The fourth-order valence-corrected chi connectivity index (χ4v) is 17.5. The topological polar surface area (TPSA) is 12.0 Å². The van der Waals surface area contributed by atoms with Gasteiger partial charge in [-0.2, -0.15) is 0 Å². The first-order chi connectivity index (χ1) is 10.5. The summed E-state index contributed by atoms with van der Waals surface area (Å²) in [6.07, 6.45) is 2.80. The van der Waals surface area contributed by atoms with Gasteiger partial charge < -0.3 is 0 Å². The molecule has 1 nitrogen and oxygen atoms in total. The second-order valence-corrected chi connectivity index (χ2v) is 18.2. The third kappa shape index (κ3) is 3.12. The molecule has 0 heterocycles. The van der Waals surface area contributed by atoms with Crippen LogP contribution in [0.15, 0.2) is 50.9 Å². The van der Waals surface area contributed by atoms with Crippen LogP contribution in [0, 0.1) is 5.92 Å². The van der Waals surface area contributed by atoms with E-state index in [2.05, 4.69) is 68.4 Å². The van der Waals surface area contributed by atoms with Gasteiger partial charge in [0.2, 0.25) is 0 Å². The van der Waals surface area contributed by atoms with Crippen molar-refractivity contribution < 1.29 is 17.4 Å². The third-order valence-electron chi connectivity index (χ3n) is 5.60. The van der Waals surface area contributed by atoms with E-state index in [1.807, 2.05) is 3.88 Å². The quantitative estimate of drug-likeness (QED) is 0.800. The monoisotopic (exact) mass is 346 g/mol. The summed E-state index contributed by atoms with van der Waals surface area (Å²) in [6, 6.07) is 12.2. The molecule has 0 aromatic heterocycles. The average molecular weight is 346 g/mol. The first kappa shape index (κ1) is 16.4. The summed E-state index contributed by atoms with van der Waals surface area (Å²) in [6.45, 7) is 11.2. The number of hydrogen-bond donors (Lipinski definition) is 1. The molecule has 1 aromatic rings. The Bertz CT molecular complexity index is 616. The molecule has 0 spiro atoms. The van der Waals surface area contributed by atoms with E-state index >= 15 is 0 Å². The van der Waals surface area contributed by atoms with E-state index in [4.69, 9.17) is 0 Å². The molecule has 1 fully saturated rings. The summed E-state index contributed by atoms with van der Waals surface area (Å²) in [5, 5.41) is 1.65. The van der Waals surface area contributed by atoms with Gasteiger partial charge >= 0.3 is 143 Å². The zero-order valence-corrected chi connectivity index (χ0v) is 17.2. The maximum absolute atomic E-state index is 4.18. The Morgan fingerprint density at radius 1 is 1.05 bits per heavy atom. The van der Waals surface area contributed by atoms with Crippen LogP contribution in [0.4, 0.5) is 0 Å². The van der Waals surface area contributed by atoms with Crippen molar-refractivity contribution in [2.45, 2.75) is 53.1 Å². The van der Waals surface area contributed by atoms with Gasteiger partial charge in [-0.1, -0.05) is 0 Å². The normalized spacial score (nSPS) is 23.2. The van der Waals surface area contributed by atoms with Gasteiger partial charge in [0.15, 0.2) is 0 Å². The summed E-state index contributed by atoms with van der Waals surface area (Å²) < 4.78 is 6.03. The standard InChI is InChI=1S/C9H13.C7H9Si.C3H6N.Ti/c1-6-5-7(2)9(4)8(6)3;1-8-7-5-3-2-4-6-7;4-3-1-2-3;/h6H,1-4H3;2-6,8H,1H3;3-4H,1-2H2;/q;;-1;+1. The molecular weight excluding hydrogens is 318 g/mol. The Kier molecular flexibility index (Phi) is 4.94. The van der Waals surface area contributed by atoms with Crippen LogP contribution in [0.25, 0.3) is 0 Å². The predicted molar refractivity (Wildman–Crippen MR) is 95.5 cm³/mol. The van der Waals surface area contributed by atoms with Gasteiger partial charge in [0, 0.05) is 0 Å². The predicted octanol–water partition coefficient (Wildman–Crippen LogP) is 3.79. The van der Waals surface area contributed by atoms with Crippen molar-refractivity contribution in [3.63, 3.8) is 0 Å². The second-order valence-electron chi connectivity index (χ2n) is 7.03. The molecule has 2 unspecified atom stereocenters. The Labute approximate surface area is 142 Å². The molecule has 0 bridgehead atoms. The molecule has 0 aliphatic heterocycles. The van der Waals surface area contributed by atoms with E-state index in [1.165, 1.54) is 12.8 Å².